The first-order valence-electron chi connectivity index (χ1n) is 5.66. The van der Waals surface area contributed by atoms with Crippen molar-refractivity contribution in [3.63, 3.8) is 0 Å². The minimum Gasteiger partial charge on any atom is -0.472 e. The number of hydrogen-bond acceptors (Lipinski definition) is 3. The molecule has 3 heteroatoms. The number of nitrogens with zero attached hydrogens (tertiary/aromatic N) is 1. The van der Waals surface area contributed by atoms with E-state index in [1.807, 2.05) is 20.8 Å². The Kier molecular flexibility index (Phi) is 4.05. The number of ketones is 1. The molecule has 0 radical (unpaired) electrons. The van der Waals surface area contributed by atoms with Gasteiger partial charge in [0.2, 0.25) is 5.88 Å². The molecule has 0 aromatic carbocycles. The fourth-order valence-electron chi connectivity index (χ4n) is 1.16. The third-order valence-electron chi connectivity index (χ3n) is 2.61. The molecule has 0 atom stereocenters. The highest BCUT2D eigenvalue weighted by atomic mass is 16.5. The summed E-state index contributed by atoms with van der Waals surface area (Å²) in [5.41, 5.74) is 0.424. The number of carbonyl (C=O) groups is 1. The lowest BCUT2D eigenvalue weighted by molar-refractivity contribution is 0.0977. The molecule has 88 valence electrons. The SMILES string of the molecule is CCC(=O)c1ccc(OC(C)(C)CC)nc1. The molecule has 16 heavy (non-hydrogen) atoms. The Labute approximate surface area is 96.8 Å². The molecule has 0 fully saturated rings. The van der Waals surface area contributed by atoms with Crippen molar-refractivity contribution in [3.05, 3.63) is 23.9 Å². The molecule has 0 bridgehead atoms. The van der Waals surface area contributed by atoms with Crippen LogP contribution < -0.4 is 4.74 Å². The summed E-state index contributed by atoms with van der Waals surface area (Å²) < 4.78 is 5.70. The second-order valence-corrected chi connectivity index (χ2v) is 4.38. The molecule has 0 aliphatic carbocycles. The van der Waals surface area contributed by atoms with Crippen molar-refractivity contribution in [1.82, 2.24) is 4.98 Å². The topological polar surface area (TPSA) is 39.2 Å². The zero-order valence-electron chi connectivity index (χ0n) is 10.4. The van der Waals surface area contributed by atoms with E-state index >= 15 is 0 Å². The summed E-state index contributed by atoms with van der Waals surface area (Å²) >= 11 is 0. The van der Waals surface area contributed by atoms with Crippen LogP contribution >= 0.6 is 0 Å². The Morgan fingerprint density at radius 1 is 1.38 bits per heavy atom. The number of Topliss-reactive ketones (excluding diaryl/α,β-unsaturated/α-hetero) is 1. The van der Waals surface area contributed by atoms with Gasteiger partial charge in [0.05, 0.1) is 0 Å². The number of pyridine rings is 1. The van der Waals surface area contributed by atoms with E-state index in [4.69, 9.17) is 4.74 Å². The summed E-state index contributed by atoms with van der Waals surface area (Å²) in [5, 5.41) is 0. The van der Waals surface area contributed by atoms with Gasteiger partial charge in [-0.05, 0) is 26.3 Å². The van der Waals surface area contributed by atoms with E-state index in [9.17, 15) is 4.79 Å². The fraction of sp³-hybridized carbons (Fsp3) is 0.538. The highest BCUT2D eigenvalue weighted by molar-refractivity contribution is 5.95. The van der Waals surface area contributed by atoms with E-state index in [0.717, 1.165) is 6.42 Å². The first kappa shape index (κ1) is 12.7. The number of aromatic nitrogens is 1. The van der Waals surface area contributed by atoms with Gasteiger partial charge in [-0.15, -0.1) is 0 Å². The molecule has 0 amide bonds. The molecule has 0 spiro atoms. The standard InChI is InChI=1S/C13H19NO2/c1-5-11(15)10-7-8-12(14-9-10)16-13(3,4)6-2/h7-9H,5-6H2,1-4H3. The van der Waals surface area contributed by atoms with Gasteiger partial charge in [0.25, 0.3) is 0 Å². The van der Waals surface area contributed by atoms with Crippen LogP contribution in [0.25, 0.3) is 0 Å². The van der Waals surface area contributed by atoms with Crippen molar-refractivity contribution in [2.75, 3.05) is 0 Å². The van der Waals surface area contributed by atoms with Gasteiger partial charge >= 0.3 is 0 Å². The van der Waals surface area contributed by atoms with Crippen LogP contribution in [0.2, 0.25) is 0 Å². The van der Waals surface area contributed by atoms with Crippen molar-refractivity contribution in [3.8, 4) is 5.88 Å². The quantitative estimate of drug-likeness (QED) is 0.716. The zero-order valence-corrected chi connectivity index (χ0v) is 10.4. The Morgan fingerprint density at radius 3 is 2.50 bits per heavy atom. The van der Waals surface area contributed by atoms with E-state index in [1.54, 1.807) is 18.3 Å². The van der Waals surface area contributed by atoms with E-state index in [1.165, 1.54) is 0 Å². The Balaban J connectivity index is 2.76. The normalized spacial score (nSPS) is 11.2. The molecule has 0 saturated carbocycles. The van der Waals surface area contributed by atoms with Gasteiger partial charge in [0.15, 0.2) is 5.78 Å². The third-order valence-corrected chi connectivity index (χ3v) is 2.61. The number of rotatable bonds is 5. The summed E-state index contributed by atoms with van der Waals surface area (Å²) in [5.74, 6) is 0.674. The molecule has 0 N–H and O–H groups in total. The fourth-order valence-corrected chi connectivity index (χ4v) is 1.16. The lowest BCUT2D eigenvalue weighted by atomic mass is 10.1. The molecule has 1 aromatic rings. The predicted molar refractivity (Wildman–Crippen MR) is 63.9 cm³/mol. The molecular weight excluding hydrogens is 202 g/mol. The van der Waals surface area contributed by atoms with Gasteiger partial charge in [0, 0.05) is 24.2 Å². The third kappa shape index (κ3) is 3.33. The number of carbonyl (C=O) groups excluding carboxylic acids is 1. The van der Waals surface area contributed by atoms with Crippen molar-refractivity contribution in [2.45, 2.75) is 46.1 Å². The van der Waals surface area contributed by atoms with Gasteiger partial charge in [0.1, 0.15) is 5.60 Å². The molecule has 0 unspecified atom stereocenters. The zero-order chi connectivity index (χ0) is 12.2. The Morgan fingerprint density at radius 2 is 2.06 bits per heavy atom. The first-order valence-corrected chi connectivity index (χ1v) is 5.66. The van der Waals surface area contributed by atoms with Crippen LogP contribution in [-0.2, 0) is 0 Å². The van der Waals surface area contributed by atoms with Gasteiger partial charge in [-0.2, -0.15) is 0 Å². The van der Waals surface area contributed by atoms with Crippen molar-refractivity contribution >= 4 is 5.78 Å². The summed E-state index contributed by atoms with van der Waals surface area (Å²) in [4.78, 5) is 15.5. The lowest BCUT2D eigenvalue weighted by Gasteiger charge is -2.23. The van der Waals surface area contributed by atoms with E-state index in [-0.39, 0.29) is 11.4 Å². The molecular formula is C13H19NO2. The molecule has 1 rings (SSSR count). The second-order valence-electron chi connectivity index (χ2n) is 4.38. The number of ether oxygens (including phenoxy) is 1. The smallest absolute Gasteiger partial charge is 0.213 e. The second kappa shape index (κ2) is 5.10. The molecule has 1 aromatic heterocycles. The maximum absolute atomic E-state index is 11.4. The van der Waals surface area contributed by atoms with Crippen LogP contribution in [0.15, 0.2) is 18.3 Å². The molecule has 1 heterocycles. The summed E-state index contributed by atoms with van der Waals surface area (Å²) in [6, 6.07) is 3.51. The molecule has 3 nitrogen and oxygen atoms in total. The molecule has 0 aliphatic rings. The summed E-state index contributed by atoms with van der Waals surface area (Å²) in [6.07, 6.45) is 2.99. The van der Waals surface area contributed by atoms with Crippen molar-refractivity contribution in [1.29, 1.82) is 0 Å². The molecule has 0 aliphatic heterocycles. The highest BCUT2D eigenvalue weighted by Gasteiger charge is 2.17. The van der Waals surface area contributed by atoms with Gasteiger partial charge in [-0.25, -0.2) is 4.98 Å². The van der Waals surface area contributed by atoms with E-state index in [2.05, 4.69) is 11.9 Å². The minimum atomic E-state index is -0.219. The maximum atomic E-state index is 11.4. The van der Waals surface area contributed by atoms with Crippen molar-refractivity contribution in [2.24, 2.45) is 0 Å². The maximum Gasteiger partial charge on any atom is 0.213 e. The average Bonchev–Trinajstić information content (AvgIpc) is 2.28. The summed E-state index contributed by atoms with van der Waals surface area (Å²) in [6.45, 7) is 7.93. The monoisotopic (exact) mass is 221 g/mol. The van der Waals surface area contributed by atoms with Gasteiger partial charge in [-0.1, -0.05) is 13.8 Å². The highest BCUT2D eigenvalue weighted by Crippen LogP contribution is 2.18. The summed E-state index contributed by atoms with van der Waals surface area (Å²) in [7, 11) is 0. The molecule has 0 saturated heterocycles. The van der Waals surface area contributed by atoms with Gasteiger partial charge in [-0.3, -0.25) is 4.79 Å². The van der Waals surface area contributed by atoms with Crippen LogP contribution in [0.3, 0.4) is 0 Å². The van der Waals surface area contributed by atoms with E-state index < -0.39 is 0 Å². The van der Waals surface area contributed by atoms with Crippen molar-refractivity contribution < 1.29 is 9.53 Å². The van der Waals surface area contributed by atoms with Crippen LogP contribution in [0.4, 0.5) is 0 Å². The first-order chi connectivity index (χ1) is 7.48. The van der Waals surface area contributed by atoms with Crippen LogP contribution in [0.1, 0.15) is 50.9 Å². The van der Waals surface area contributed by atoms with Gasteiger partial charge < -0.3 is 4.74 Å². The van der Waals surface area contributed by atoms with Crippen LogP contribution in [0.5, 0.6) is 5.88 Å². The van der Waals surface area contributed by atoms with Crippen LogP contribution in [-0.4, -0.2) is 16.4 Å². The Bertz CT molecular complexity index is 355. The van der Waals surface area contributed by atoms with Crippen LogP contribution in [0, 0.1) is 0 Å². The lowest BCUT2D eigenvalue weighted by Crippen LogP contribution is -2.27. The Hall–Kier alpha value is -1.38. The minimum absolute atomic E-state index is 0.105. The largest absolute Gasteiger partial charge is 0.472 e. The predicted octanol–water partition coefficient (Wildman–Crippen LogP) is 3.24. The average molecular weight is 221 g/mol. The number of hydrogen-bond donors (Lipinski definition) is 0. The van der Waals surface area contributed by atoms with E-state index in [0.29, 0.717) is 17.9 Å².